The zero-order valence-corrected chi connectivity index (χ0v) is 12.1. The van der Waals surface area contributed by atoms with Crippen LogP contribution in [0.1, 0.15) is 12.8 Å². The van der Waals surface area contributed by atoms with Crippen LogP contribution < -0.4 is 11.1 Å². The number of nitrogens with one attached hydrogen (secondary N) is 1. The number of aliphatic hydroxyl groups is 1. The molecule has 1 aromatic heterocycles. The Morgan fingerprint density at radius 3 is 2.89 bits per heavy atom. The Morgan fingerprint density at radius 2 is 2.21 bits per heavy atom. The monoisotopic (exact) mass is 321 g/mol. The van der Waals surface area contributed by atoms with E-state index in [1.807, 2.05) is 18.2 Å². The molecule has 1 fully saturated rings. The van der Waals surface area contributed by atoms with E-state index in [0.717, 1.165) is 46.1 Å². The molecule has 0 aliphatic heterocycles. The first-order valence-corrected chi connectivity index (χ1v) is 7.11. The van der Waals surface area contributed by atoms with Crippen molar-refractivity contribution >= 4 is 38.2 Å². The van der Waals surface area contributed by atoms with Crippen LogP contribution in [-0.2, 0) is 0 Å². The molecule has 19 heavy (non-hydrogen) atoms. The average Bonchev–Trinajstić information content (AvgIpc) is 3.19. The summed E-state index contributed by atoms with van der Waals surface area (Å²) in [4.78, 5) is 4.44. The fraction of sp³-hybridized carbons (Fsp3) is 0.357. The second-order valence-corrected chi connectivity index (χ2v) is 6.18. The van der Waals surface area contributed by atoms with Crippen LogP contribution in [0.4, 0.5) is 11.4 Å². The molecule has 5 heteroatoms. The van der Waals surface area contributed by atoms with E-state index in [0.29, 0.717) is 0 Å². The quantitative estimate of drug-likeness (QED) is 0.757. The molecule has 3 rings (SSSR count). The molecule has 0 unspecified atom stereocenters. The molecule has 0 bridgehead atoms. The Balaban J connectivity index is 1.93. The molecule has 0 atom stereocenters. The van der Waals surface area contributed by atoms with Crippen molar-refractivity contribution in [3.8, 4) is 0 Å². The first-order valence-electron chi connectivity index (χ1n) is 6.32. The molecule has 100 valence electrons. The topological polar surface area (TPSA) is 71.2 Å². The number of nitrogens with two attached hydrogens (primary N) is 1. The number of hydrogen-bond acceptors (Lipinski definition) is 4. The minimum Gasteiger partial charge on any atom is -0.398 e. The van der Waals surface area contributed by atoms with Gasteiger partial charge in [-0.3, -0.25) is 4.98 Å². The van der Waals surface area contributed by atoms with Crippen LogP contribution in [0.15, 0.2) is 28.9 Å². The predicted molar refractivity (Wildman–Crippen MR) is 81.1 cm³/mol. The third-order valence-electron chi connectivity index (χ3n) is 3.80. The number of anilines is 2. The van der Waals surface area contributed by atoms with Crippen molar-refractivity contribution in [3.63, 3.8) is 0 Å². The number of fused-ring (bicyclic) bond motifs is 1. The second kappa shape index (κ2) is 4.65. The molecule has 1 saturated carbocycles. The highest BCUT2D eigenvalue weighted by Gasteiger charge is 2.41. The normalized spacial score (nSPS) is 16.5. The van der Waals surface area contributed by atoms with E-state index in [9.17, 15) is 5.11 Å². The summed E-state index contributed by atoms with van der Waals surface area (Å²) in [6, 6.07) is 5.81. The molecule has 0 amide bonds. The number of aliphatic hydroxyl groups excluding tert-OH is 1. The lowest BCUT2D eigenvalue weighted by molar-refractivity contribution is 0.220. The highest BCUT2D eigenvalue weighted by Crippen LogP contribution is 2.45. The molecule has 0 spiro atoms. The maximum Gasteiger partial charge on any atom is 0.0954 e. The van der Waals surface area contributed by atoms with Gasteiger partial charge >= 0.3 is 0 Å². The number of hydrogen-bond donors (Lipinski definition) is 3. The zero-order chi connectivity index (χ0) is 13.5. The van der Waals surface area contributed by atoms with Gasteiger partial charge in [-0.05, 0) is 47.0 Å². The van der Waals surface area contributed by atoms with E-state index in [2.05, 4.69) is 26.2 Å². The van der Waals surface area contributed by atoms with Crippen molar-refractivity contribution in [2.75, 3.05) is 24.2 Å². The van der Waals surface area contributed by atoms with Crippen LogP contribution >= 0.6 is 15.9 Å². The number of rotatable bonds is 4. The number of aromatic nitrogens is 1. The van der Waals surface area contributed by atoms with E-state index < -0.39 is 0 Å². The van der Waals surface area contributed by atoms with Crippen molar-refractivity contribution in [1.29, 1.82) is 0 Å². The molecular weight excluding hydrogens is 306 g/mol. The van der Waals surface area contributed by atoms with Crippen molar-refractivity contribution in [2.24, 2.45) is 5.41 Å². The third kappa shape index (κ3) is 2.40. The van der Waals surface area contributed by atoms with E-state index in [4.69, 9.17) is 5.73 Å². The van der Waals surface area contributed by atoms with Gasteiger partial charge < -0.3 is 16.2 Å². The second-order valence-electron chi connectivity index (χ2n) is 5.26. The van der Waals surface area contributed by atoms with Gasteiger partial charge in [-0.25, -0.2) is 0 Å². The summed E-state index contributed by atoms with van der Waals surface area (Å²) < 4.78 is 0.915. The van der Waals surface area contributed by atoms with Crippen LogP contribution in [0.3, 0.4) is 0 Å². The molecule has 4 nitrogen and oxygen atoms in total. The largest absolute Gasteiger partial charge is 0.398 e. The number of benzene rings is 1. The molecule has 4 N–H and O–H groups in total. The van der Waals surface area contributed by atoms with Crippen LogP contribution in [0.25, 0.3) is 10.9 Å². The van der Waals surface area contributed by atoms with Crippen molar-refractivity contribution in [3.05, 3.63) is 28.9 Å². The van der Waals surface area contributed by atoms with Gasteiger partial charge in [0.15, 0.2) is 0 Å². The van der Waals surface area contributed by atoms with Gasteiger partial charge in [0, 0.05) is 33.7 Å². The standard InChI is InChI=1S/C14H16BrN3O/c15-9-5-10-11(16)1-2-12(13(10)17-6-9)18-7-14(8-19)3-4-14/h1-2,5-6,18-19H,3-4,7-8,16H2. The summed E-state index contributed by atoms with van der Waals surface area (Å²) in [5.41, 5.74) is 8.62. The number of nitrogens with zero attached hydrogens (tertiary/aromatic N) is 1. The fourth-order valence-corrected chi connectivity index (χ4v) is 2.54. The number of nitrogen functional groups attached to an aromatic ring is 1. The summed E-state index contributed by atoms with van der Waals surface area (Å²) in [5, 5.41) is 13.7. The van der Waals surface area contributed by atoms with Gasteiger partial charge in [0.2, 0.25) is 0 Å². The van der Waals surface area contributed by atoms with E-state index in [1.54, 1.807) is 6.20 Å². The Kier molecular flexibility index (Phi) is 3.11. The van der Waals surface area contributed by atoms with Gasteiger partial charge in [0.05, 0.1) is 17.8 Å². The lowest BCUT2D eigenvalue weighted by atomic mass is 10.1. The van der Waals surface area contributed by atoms with Gasteiger partial charge in [-0.2, -0.15) is 0 Å². The fourth-order valence-electron chi connectivity index (χ4n) is 2.21. The average molecular weight is 322 g/mol. The first-order chi connectivity index (χ1) is 9.13. The molecular formula is C14H16BrN3O. The predicted octanol–water partition coefficient (Wildman–Crippen LogP) is 2.76. The lowest BCUT2D eigenvalue weighted by Crippen LogP contribution is -2.19. The molecule has 0 saturated heterocycles. The van der Waals surface area contributed by atoms with Crippen LogP contribution in [0, 0.1) is 5.41 Å². The minimum atomic E-state index is 0.0725. The smallest absolute Gasteiger partial charge is 0.0954 e. The van der Waals surface area contributed by atoms with Gasteiger partial charge in [0.25, 0.3) is 0 Å². The Hall–Kier alpha value is -1.33. The SMILES string of the molecule is Nc1ccc(NCC2(CO)CC2)c2ncc(Br)cc12. The first kappa shape index (κ1) is 12.7. The van der Waals surface area contributed by atoms with Crippen LogP contribution in [-0.4, -0.2) is 23.2 Å². The van der Waals surface area contributed by atoms with E-state index >= 15 is 0 Å². The zero-order valence-electron chi connectivity index (χ0n) is 10.5. The summed E-state index contributed by atoms with van der Waals surface area (Å²) in [6.45, 7) is 1.02. The molecule has 1 heterocycles. The van der Waals surface area contributed by atoms with E-state index in [1.165, 1.54) is 0 Å². The Labute approximate surface area is 120 Å². The third-order valence-corrected chi connectivity index (χ3v) is 4.23. The highest BCUT2D eigenvalue weighted by molar-refractivity contribution is 9.10. The van der Waals surface area contributed by atoms with Crippen LogP contribution in [0.2, 0.25) is 0 Å². The van der Waals surface area contributed by atoms with Gasteiger partial charge in [-0.1, -0.05) is 0 Å². The molecule has 2 aromatic rings. The minimum absolute atomic E-state index is 0.0725. The molecule has 1 aliphatic rings. The number of halogens is 1. The molecule has 0 radical (unpaired) electrons. The van der Waals surface area contributed by atoms with Crippen molar-refractivity contribution in [2.45, 2.75) is 12.8 Å². The Bertz CT molecular complexity index is 625. The maximum atomic E-state index is 9.35. The van der Waals surface area contributed by atoms with Crippen molar-refractivity contribution in [1.82, 2.24) is 4.98 Å². The summed E-state index contributed by atoms with van der Waals surface area (Å²) >= 11 is 3.41. The lowest BCUT2D eigenvalue weighted by Gasteiger charge is -2.15. The van der Waals surface area contributed by atoms with Gasteiger partial charge in [0.1, 0.15) is 0 Å². The Morgan fingerprint density at radius 1 is 1.42 bits per heavy atom. The van der Waals surface area contributed by atoms with Crippen LogP contribution in [0.5, 0.6) is 0 Å². The van der Waals surface area contributed by atoms with Crippen molar-refractivity contribution < 1.29 is 5.11 Å². The summed E-state index contributed by atoms with van der Waals surface area (Å²) in [6.07, 6.45) is 3.94. The highest BCUT2D eigenvalue weighted by atomic mass is 79.9. The molecule has 1 aliphatic carbocycles. The number of pyridine rings is 1. The summed E-state index contributed by atoms with van der Waals surface area (Å²) in [7, 11) is 0. The van der Waals surface area contributed by atoms with Gasteiger partial charge in [-0.15, -0.1) is 0 Å². The molecule has 1 aromatic carbocycles. The maximum absolute atomic E-state index is 9.35. The summed E-state index contributed by atoms with van der Waals surface area (Å²) in [5.74, 6) is 0. The van der Waals surface area contributed by atoms with E-state index in [-0.39, 0.29) is 12.0 Å².